The molecule has 1 aromatic heterocycles. The van der Waals surface area contributed by atoms with Gasteiger partial charge in [-0.2, -0.15) is 0 Å². The fourth-order valence-corrected chi connectivity index (χ4v) is 2.05. The van der Waals surface area contributed by atoms with Crippen molar-refractivity contribution < 1.29 is 19.3 Å². The minimum absolute atomic E-state index is 0.0499. The average Bonchev–Trinajstić information content (AvgIpc) is 2.52. The molecule has 2 rings (SSSR count). The molecule has 0 unspecified atom stereocenters. The molecule has 4 atom stereocenters. The van der Waals surface area contributed by atoms with Crippen molar-refractivity contribution in [3.05, 3.63) is 22.2 Å². The highest BCUT2D eigenvalue weighted by Crippen LogP contribution is 2.43. The number of ether oxygens (including phenoxy) is 1. The van der Waals surface area contributed by atoms with Gasteiger partial charge in [0, 0.05) is 11.8 Å². The van der Waals surface area contributed by atoms with Crippen LogP contribution in [0.25, 0.3) is 0 Å². The van der Waals surface area contributed by atoms with Crippen LogP contribution in [0.5, 0.6) is 0 Å². The molecular formula is C10H14FN3O4. The summed E-state index contributed by atoms with van der Waals surface area (Å²) in [5.74, 6) is -0.0499. The lowest BCUT2D eigenvalue weighted by Gasteiger charge is -2.25. The number of rotatable bonds is 2. The van der Waals surface area contributed by atoms with Gasteiger partial charge in [0.05, 0.1) is 6.61 Å². The van der Waals surface area contributed by atoms with E-state index in [2.05, 4.69) is 9.97 Å². The van der Waals surface area contributed by atoms with E-state index in [1.165, 1.54) is 6.92 Å². The molecule has 1 saturated heterocycles. The Labute approximate surface area is 101 Å². The fourth-order valence-electron chi connectivity index (χ4n) is 2.05. The molecule has 8 heteroatoms. The monoisotopic (exact) mass is 259 g/mol. The van der Waals surface area contributed by atoms with Gasteiger partial charge in [-0.05, 0) is 6.92 Å². The Kier molecular flexibility index (Phi) is 3.09. The second-order valence-corrected chi connectivity index (χ2v) is 4.42. The Morgan fingerprint density at radius 2 is 2.39 bits per heavy atom. The number of hydrogen-bond donors (Lipinski definition) is 4. The summed E-state index contributed by atoms with van der Waals surface area (Å²) in [6.45, 7) is 0.674. The van der Waals surface area contributed by atoms with Gasteiger partial charge in [0.25, 0.3) is 0 Å². The summed E-state index contributed by atoms with van der Waals surface area (Å²) in [6.07, 6.45) is -2.89. The SMILES string of the molecule is C[C@]1(O)[C@@H](c2cnc(=O)[nH]c2N)O[C@H](CO)[C@H]1F. The van der Waals surface area contributed by atoms with Gasteiger partial charge in [0.1, 0.15) is 23.6 Å². The zero-order chi connectivity index (χ0) is 13.5. The highest BCUT2D eigenvalue weighted by molar-refractivity contribution is 5.40. The molecule has 7 nitrogen and oxygen atoms in total. The zero-order valence-electron chi connectivity index (χ0n) is 9.63. The number of aromatic amines is 1. The van der Waals surface area contributed by atoms with Crippen LogP contribution in [0.15, 0.2) is 11.0 Å². The number of nitrogen functional groups attached to an aromatic ring is 1. The number of aliphatic hydroxyl groups excluding tert-OH is 1. The van der Waals surface area contributed by atoms with E-state index in [1.807, 2.05) is 0 Å². The van der Waals surface area contributed by atoms with Crippen LogP contribution in [-0.4, -0.2) is 44.7 Å². The van der Waals surface area contributed by atoms with Crippen molar-refractivity contribution in [1.82, 2.24) is 9.97 Å². The average molecular weight is 259 g/mol. The van der Waals surface area contributed by atoms with E-state index in [0.29, 0.717) is 0 Å². The lowest BCUT2D eigenvalue weighted by Crippen LogP contribution is -2.40. The second-order valence-electron chi connectivity index (χ2n) is 4.42. The van der Waals surface area contributed by atoms with Crippen LogP contribution >= 0.6 is 0 Å². The van der Waals surface area contributed by atoms with E-state index in [0.717, 1.165) is 6.20 Å². The highest BCUT2D eigenvalue weighted by atomic mass is 19.1. The molecule has 2 heterocycles. The molecule has 0 amide bonds. The molecular weight excluding hydrogens is 245 g/mol. The number of halogens is 1. The van der Waals surface area contributed by atoms with Gasteiger partial charge in [-0.1, -0.05) is 0 Å². The van der Waals surface area contributed by atoms with E-state index in [-0.39, 0.29) is 11.4 Å². The molecule has 0 saturated carbocycles. The number of hydrogen-bond acceptors (Lipinski definition) is 6. The Bertz CT molecular complexity index is 504. The summed E-state index contributed by atoms with van der Waals surface area (Å²) in [6, 6.07) is 0. The summed E-state index contributed by atoms with van der Waals surface area (Å²) < 4.78 is 19.1. The van der Waals surface area contributed by atoms with Gasteiger partial charge < -0.3 is 20.7 Å². The second kappa shape index (κ2) is 4.30. The Hall–Kier alpha value is -1.51. The number of nitrogens with two attached hydrogens (primary N) is 1. The van der Waals surface area contributed by atoms with Gasteiger partial charge in [-0.3, -0.25) is 4.98 Å². The summed E-state index contributed by atoms with van der Waals surface area (Å²) in [5, 5.41) is 19.1. The van der Waals surface area contributed by atoms with Crippen LogP contribution in [-0.2, 0) is 4.74 Å². The van der Waals surface area contributed by atoms with Gasteiger partial charge in [-0.25, -0.2) is 14.2 Å². The molecule has 0 bridgehead atoms. The van der Waals surface area contributed by atoms with Crippen molar-refractivity contribution in [1.29, 1.82) is 0 Å². The number of nitrogens with one attached hydrogen (secondary N) is 1. The summed E-state index contributed by atoms with van der Waals surface area (Å²) in [7, 11) is 0. The van der Waals surface area contributed by atoms with Crippen LogP contribution in [0, 0.1) is 0 Å². The molecule has 0 spiro atoms. The van der Waals surface area contributed by atoms with Gasteiger partial charge in [0.15, 0.2) is 6.17 Å². The normalized spacial score (nSPS) is 35.9. The summed E-state index contributed by atoms with van der Waals surface area (Å²) >= 11 is 0. The Morgan fingerprint density at radius 1 is 1.72 bits per heavy atom. The third kappa shape index (κ3) is 1.88. The molecule has 1 fully saturated rings. The smallest absolute Gasteiger partial charge is 0.346 e. The quantitative estimate of drug-likeness (QED) is 0.533. The molecule has 18 heavy (non-hydrogen) atoms. The summed E-state index contributed by atoms with van der Waals surface area (Å²) in [4.78, 5) is 16.6. The molecule has 0 aromatic carbocycles. The molecule has 1 aliphatic rings. The predicted molar refractivity (Wildman–Crippen MR) is 59.5 cm³/mol. The molecule has 1 aromatic rings. The zero-order valence-corrected chi connectivity index (χ0v) is 9.63. The fraction of sp³-hybridized carbons (Fsp3) is 0.600. The van der Waals surface area contributed by atoms with Crippen LogP contribution < -0.4 is 11.4 Å². The van der Waals surface area contributed by atoms with Crippen LogP contribution in [0.2, 0.25) is 0 Å². The van der Waals surface area contributed by atoms with E-state index in [9.17, 15) is 14.3 Å². The first-order valence-corrected chi connectivity index (χ1v) is 5.35. The number of nitrogens with zero attached hydrogens (tertiary/aromatic N) is 1. The number of aliphatic hydroxyl groups is 2. The molecule has 0 radical (unpaired) electrons. The van der Waals surface area contributed by atoms with E-state index in [1.54, 1.807) is 0 Å². The standard InChI is InChI=1S/C10H14FN3O4/c1-10(17)6(11)5(3-15)18-7(10)4-2-13-9(16)14-8(4)12/h2,5-7,15,17H,3H2,1H3,(H3,12,13,14,16)/t5-,6-,7-,10-/m1/s1. The van der Waals surface area contributed by atoms with Crippen molar-refractivity contribution in [2.75, 3.05) is 12.3 Å². The van der Waals surface area contributed by atoms with Crippen LogP contribution in [0.1, 0.15) is 18.6 Å². The lowest BCUT2D eigenvalue weighted by molar-refractivity contribution is -0.0514. The van der Waals surface area contributed by atoms with E-state index in [4.69, 9.17) is 15.6 Å². The van der Waals surface area contributed by atoms with Gasteiger partial charge >= 0.3 is 5.69 Å². The van der Waals surface area contributed by atoms with E-state index < -0.39 is 36.3 Å². The number of aromatic nitrogens is 2. The number of alkyl halides is 1. The first kappa shape index (κ1) is 12.9. The van der Waals surface area contributed by atoms with Crippen molar-refractivity contribution in [3.8, 4) is 0 Å². The Morgan fingerprint density at radius 3 is 2.89 bits per heavy atom. The first-order chi connectivity index (χ1) is 8.37. The number of H-pyrrole nitrogens is 1. The van der Waals surface area contributed by atoms with Crippen LogP contribution in [0.4, 0.5) is 10.2 Å². The minimum atomic E-state index is -1.86. The van der Waals surface area contributed by atoms with Crippen molar-refractivity contribution in [3.63, 3.8) is 0 Å². The minimum Gasteiger partial charge on any atom is -0.394 e. The molecule has 1 aliphatic heterocycles. The van der Waals surface area contributed by atoms with Crippen molar-refractivity contribution in [2.45, 2.75) is 30.9 Å². The third-order valence-corrected chi connectivity index (χ3v) is 3.06. The largest absolute Gasteiger partial charge is 0.394 e. The highest BCUT2D eigenvalue weighted by Gasteiger charge is 2.54. The maximum absolute atomic E-state index is 13.8. The molecule has 5 N–H and O–H groups in total. The van der Waals surface area contributed by atoms with Gasteiger partial charge in [-0.15, -0.1) is 0 Å². The topological polar surface area (TPSA) is 121 Å². The van der Waals surface area contributed by atoms with E-state index >= 15 is 0 Å². The predicted octanol–water partition coefficient (Wildman–Crippen LogP) is -1.13. The van der Waals surface area contributed by atoms with Crippen molar-refractivity contribution >= 4 is 5.82 Å². The number of anilines is 1. The van der Waals surface area contributed by atoms with Crippen LogP contribution in [0.3, 0.4) is 0 Å². The first-order valence-electron chi connectivity index (χ1n) is 5.35. The maximum Gasteiger partial charge on any atom is 0.346 e. The maximum atomic E-state index is 13.8. The van der Waals surface area contributed by atoms with Gasteiger partial charge in [0.2, 0.25) is 0 Å². The Balaban J connectivity index is 2.42. The molecule has 100 valence electrons. The third-order valence-electron chi connectivity index (χ3n) is 3.06. The lowest BCUT2D eigenvalue weighted by atomic mass is 9.90. The van der Waals surface area contributed by atoms with Crippen molar-refractivity contribution in [2.24, 2.45) is 0 Å². The molecule has 0 aliphatic carbocycles. The summed E-state index contributed by atoms with van der Waals surface area (Å²) in [5.41, 5.74) is 3.25.